The Kier molecular flexibility index (Phi) is 7.46. The summed E-state index contributed by atoms with van der Waals surface area (Å²) in [6.45, 7) is 0. The van der Waals surface area contributed by atoms with Gasteiger partial charge < -0.3 is 0 Å². The number of hydrogen-bond donors (Lipinski definition) is 1. The summed E-state index contributed by atoms with van der Waals surface area (Å²) in [5.41, 5.74) is -5.53. The molecule has 0 saturated carbocycles. The molecule has 0 bridgehead atoms. The van der Waals surface area contributed by atoms with Crippen LogP contribution in [0.2, 0.25) is 0 Å². The van der Waals surface area contributed by atoms with E-state index in [9.17, 15) is 13.2 Å². The normalized spacial score (nSPS) is 11.6. The molecule has 0 atom stereocenters. The Hall–Kier alpha value is -1.84. The maximum absolute atomic E-state index is 10.7. The van der Waals surface area contributed by atoms with Gasteiger partial charge in [-0.3, -0.25) is 4.55 Å². The standard InChI is InChI=1S/3C6H5.CHF3O3S.Sn/c3*1-2-4-6-5-3-1;2-1(3,4)8(5,6)7;/h3*1-5H;(H,5,6,7);. The molecule has 1 N–H and O–H groups in total. The second-order valence-electron chi connectivity index (χ2n) is 5.39. The zero-order valence-electron chi connectivity index (χ0n) is 14.0. The van der Waals surface area contributed by atoms with E-state index in [4.69, 9.17) is 13.0 Å². The third-order valence-corrected chi connectivity index (χ3v) is 11.9. The van der Waals surface area contributed by atoms with E-state index in [0.717, 1.165) is 0 Å². The van der Waals surface area contributed by atoms with E-state index < -0.39 is 35.4 Å². The zero-order valence-corrected chi connectivity index (χ0v) is 17.6. The van der Waals surface area contributed by atoms with E-state index >= 15 is 0 Å². The molecule has 0 amide bonds. The molecule has 3 aromatic rings. The molecule has 3 aromatic carbocycles. The number of halogens is 3. The Morgan fingerprint density at radius 2 is 0.852 bits per heavy atom. The van der Waals surface area contributed by atoms with Crippen LogP contribution >= 0.6 is 0 Å². The fraction of sp³-hybridized carbons (Fsp3) is 0.0526. The third-order valence-electron chi connectivity index (χ3n) is 3.48. The van der Waals surface area contributed by atoms with Crippen molar-refractivity contribution in [2.45, 2.75) is 5.51 Å². The molecule has 3 rings (SSSR count). The Bertz CT molecular complexity index is 838. The molecule has 0 aliphatic heterocycles. The summed E-state index contributed by atoms with van der Waals surface area (Å²) in [4.78, 5) is 0. The maximum atomic E-state index is 10.7. The Morgan fingerprint density at radius 1 is 0.630 bits per heavy atom. The summed E-state index contributed by atoms with van der Waals surface area (Å²) in [5, 5.41) is 0. The molecule has 141 valence electrons. The van der Waals surface area contributed by atoms with Crippen LogP contribution in [0.15, 0.2) is 91.0 Å². The van der Waals surface area contributed by atoms with Crippen LogP contribution in [-0.2, 0) is 10.1 Å². The minimum absolute atomic E-state index is 1.53. The van der Waals surface area contributed by atoms with E-state index in [1.807, 2.05) is 0 Å². The van der Waals surface area contributed by atoms with Crippen LogP contribution in [0, 0.1) is 0 Å². The van der Waals surface area contributed by atoms with E-state index in [-0.39, 0.29) is 0 Å². The first-order valence-corrected chi connectivity index (χ1v) is 13.5. The van der Waals surface area contributed by atoms with Crippen LogP contribution in [0.4, 0.5) is 13.2 Å². The Labute approximate surface area is 163 Å². The van der Waals surface area contributed by atoms with Gasteiger partial charge in [0.25, 0.3) is 0 Å². The summed E-state index contributed by atoms with van der Waals surface area (Å²) in [6.07, 6.45) is 0. The summed E-state index contributed by atoms with van der Waals surface area (Å²) in [7, 11) is -5.84. The van der Waals surface area contributed by atoms with Gasteiger partial charge in [0.2, 0.25) is 0 Å². The van der Waals surface area contributed by atoms with Crippen LogP contribution < -0.4 is 10.7 Å². The fourth-order valence-corrected chi connectivity index (χ4v) is 9.67. The third kappa shape index (κ3) is 6.37. The monoisotopic (exact) mass is 501 g/mol. The van der Waals surface area contributed by atoms with Crippen molar-refractivity contribution in [2.75, 3.05) is 0 Å². The van der Waals surface area contributed by atoms with Gasteiger partial charge in [-0.05, 0) is 0 Å². The summed E-state index contributed by atoms with van der Waals surface area (Å²) in [6, 6.07) is 32.9. The molecule has 0 heterocycles. The molecular weight excluding hydrogens is 484 g/mol. The molecule has 0 fully saturated rings. The van der Waals surface area contributed by atoms with Crippen LogP contribution in [0.3, 0.4) is 0 Å². The van der Waals surface area contributed by atoms with Crippen molar-refractivity contribution in [3.8, 4) is 0 Å². The van der Waals surface area contributed by atoms with Gasteiger partial charge in [-0.2, -0.15) is 21.6 Å². The number of benzene rings is 3. The molecule has 0 aromatic heterocycles. The van der Waals surface area contributed by atoms with Gasteiger partial charge in [-0.25, -0.2) is 0 Å². The minimum atomic E-state index is -5.84. The molecular formula is C19H16F3O3SSn. The topological polar surface area (TPSA) is 54.4 Å². The van der Waals surface area contributed by atoms with Gasteiger partial charge in [0.15, 0.2) is 0 Å². The first kappa shape index (κ1) is 21.5. The summed E-state index contributed by atoms with van der Waals surface area (Å²) >= 11 is -1.98. The summed E-state index contributed by atoms with van der Waals surface area (Å²) in [5.74, 6) is 0. The van der Waals surface area contributed by atoms with Crippen LogP contribution in [-0.4, -0.2) is 38.2 Å². The van der Waals surface area contributed by atoms with Gasteiger partial charge in [-0.15, -0.1) is 0 Å². The first-order chi connectivity index (χ1) is 12.7. The SMILES string of the molecule is O=S(=O)(O)C(F)(F)F.c1cc[c]([Sn]([c]2ccccc2)[c]2ccccc2)cc1. The molecule has 27 heavy (non-hydrogen) atoms. The van der Waals surface area contributed by atoms with Gasteiger partial charge in [0.1, 0.15) is 0 Å². The average molecular weight is 500 g/mol. The van der Waals surface area contributed by atoms with Crippen molar-refractivity contribution in [3.05, 3.63) is 91.0 Å². The molecule has 3 nitrogen and oxygen atoms in total. The molecule has 0 unspecified atom stereocenters. The molecule has 8 heteroatoms. The number of hydrogen-bond acceptors (Lipinski definition) is 2. The van der Waals surface area contributed by atoms with E-state index in [1.165, 1.54) is 10.7 Å². The van der Waals surface area contributed by atoms with E-state index in [2.05, 4.69) is 91.0 Å². The van der Waals surface area contributed by atoms with Crippen molar-refractivity contribution >= 4 is 40.6 Å². The van der Waals surface area contributed by atoms with Crippen molar-refractivity contribution in [3.63, 3.8) is 0 Å². The van der Waals surface area contributed by atoms with Crippen molar-refractivity contribution in [2.24, 2.45) is 0 Å². The van der Waals surface area contributed by atoms with Crippen LogP contribution in [0.5, 0.6) is 0 Å². The number of alkyl halides is 3. The van der Waals surface area contributed by atoms with Gasteiger partial charge in [-0.1, -0.05) is 0 Å². The zero-order chi connectivity index (χ0) is 19.9. The number of rotatable bonds is 3. The van der Waals surface area contributed by atoms with Gasteiger partial charge >= 0.3 is 137 Å². The van der Waals surface area contributed by atoms with Crippen molar-refractivity contribution < 1.29 is 26.1 Å². The predicted octanol–water partition coefficient (Wildman–Crippen LogP) is 2.60. The second-order valence-corrected chi connectivity index (χ2v) is 13.9. The average Bonchev–Trinajstić information content (AvgIpc) is 2.64. The van der Waals surface area contributed by atoms with Crippen molar-refractivity contribution in [1.82, 2.24) is 0 Å². The predicted molar refractivity (Wildman–Crippen MR) is 102 cm³/mol. The Morgan fingerprint density at radius 3 is 1.04 bits per heavy atom. The first-order valence-electron chi connectivity index (χ1n) is 7.77. The Balaban J connectivity index is 0.000000279. The van der Waals surface area contributed by atoms with E-state index in [0.29, 0.717) is 0 Å². The molecule has 0 spiro atoms. The molecule has 0 aliphatic carbocycles. The van der Waals surface area contributed by atoms with Crippen LogP contribution in [0.1, 0.15) is 0 Å². The summed E-state index contributed by atoms with van der Waals surface area (Å²) < 4.78 is 62.1. The molecule has 1 radical (unpaired) electrons. The van der Waals surface area contributed by atoms with E-state index in [1.54, 1.807) is 0 Å². The second kappa shape index (κ2) is 9.38. The molecule has 0 saturated heterocycles. The van der Waals surface area contributed by atoms with Gasteiger partial charge in [0.05, 0.1) is 0 Å². The quantitative estimate of drug-likeness (QED) is 0.342. The molecule has 0 aliphatic rings. The fourth-order valence-electron chi connectivity index (χ4n) is 2.31. The van der Waals surface area contributed by atoms with Gasteiger partial charge in [0, 0.05) is 0 Å². The van der Waals surface area contributed by atoms with Crippen LogP contribution in [0.25, 0.3) is 0 Å². The van der Waals surface area contributed by atoms with Crippen molar-refractivity contribution in [1.29, 1.82) is 0 Å².